The van der Waals surface area contributed by atoms with Crippen molar-refractivity contribution in [2.45, 2.75) is 26.9 Å². The van der Waals surface area contributed by atoms with E-state index in [0.717, 1.165) is 24.5 Å². The number of carbonyl (C=O) groups is 1. The zero-order chi connectivity index (χ0) is 11.0. The molecule has 0 N–H and O–H groups in total. The van der Waals surface area contributed by atoms with Crippen molar-refractivity contribution in [3.8, 4) is 0 Å². The van der Waals surface area contributed by atoms with Gasteiger partial charge in [-0.1, -0.05) is 6.58 Å². The van der Waals surface area contributed by atoms with Crippen LogP contribution >= 0.6 is 0 Å². The molecule has 80 valence electrons. The Morgan fingerprint density at radius 3 is 2.87 bits per heavy atom. The fraction of sp³-hybridized carbons (Fsp3) is 0.455. The molecule has 0 saturated heterocycles. The summed E-state index contributed by atoms with van der Waals surface area (Å²) >= 11 is 0. The van der Waals surface area contributed by atoms with Gasteiger partial charge in [0.2, 0.25) is 5.91 Å². The van der Waals surface area contributed by atoms with Crippen molar-refractivity contribution in [2.24, 2.45) is 0 Å². The van der Waals surface area contributed by atoms with Gasteiger partial charge in [0.05, 0.1) is 24.5 Å². The number of aryl methyl sites for hydroxylation is 1. The number of nitrogens with zero attached hydrogens (tertiary/aromatic N) is 3. The van der Waals surface area contributed by atoms with E-state index in [1.165, 1.54) is 11.6 Å². The molecule has 0 radical (unpaired) electrons. The minimum Gasteiger partial charge on any atom is -0.331 e. The second kappa shape index (κ2) is 3.53. The molecule has 0 spiro atoms. The molecule has 1 aliphatic heterocycles. The van der Waals surface area contributed by atoms with Crippen LogP contribution in [0.1, 0.15) is 17.0 Å². The molecule has 2 heterocycles. The summed E-state index contributed by atoms with van der Waals surface area (Å²) in [5.41, 5.74) is 3.39. The molecule has 0 aliphatic carbocycles. The maximum absolute atomic E-state index is 11.5. The van der Waals surface area contributed by atoms with Crippen LogP contribution in [-0.2, 0) is 17.9 Å². The summed E-state index contributed by atoms with van der Waals surface area (Å²) in [6.45, 7) is 9.71. The third kappa shape index (κ3) is 1.56. The lowest BCUT2D eigenvalue weighted by atomic mass is 10.2. The van der Waals surface area contributed by atoms with Gasteiger partial charge < -0.3 is 4.90 Å². The third-order valence-corrected chi connectivity index (χ3v) is 2.97. The van der Waals surface area contributed by atoms with E-state index in [4.69, 9.17) is 0 Å². The second-order valence-electron chi connectivity index (χ2n) is 3.84. The van der Waals surface area contributed by atoms with E-state index in [9.17, 15) is 4.79 Å². The molecule has 1 aliphatic rings. The minimum absolute atomic E-state index is 0.000460. The molecule has 1 aromatic heterocycles. The summed E-state index contributed by atoms with van der Waals surface area (Å²) in [4.78, 5) is 13.3. The smallest absolute Gasteiger partial charge is 0.246 e. The van der Waals surface area contributed by atoms with Gasteiger partial charge in [-0.2, -0.15) is 5.10 Å². The fourth-order valence-corrected chi connectivity index (χ4v) is 1.90. The number of carbonyl (C=O) groups excluding carboxylic acids is 1. The van der Waals surface area contributed by atoms with Crippen LogP contribution in [0.4, 0.5) is 0 Å². The summed E-state index contributed by atoms with van der Waals surface area (Å²) in [5, 5.41) is 4.42. The van der Waals surface area contributed by atoms with E-state index in [1.54, 1.807) is 4.90 Å². The normalized spacial score (nSPS) is 14.9. The zero-order valence-electron chi connectivity index (χ0n) is 9.16. The fourth-order valence-electron chi connectivity index (χ4n) is 1.90. The van der Waals surface area contributed by atoms with Crippen molar-refractivity contribution in [3.63, 3.8) is 0 Å². The first-order valence-electron chi connectivity index (χ1n) is 5.07. The molecule has 0 atom stereocenters. The van der Waals surface area contributed by atoms with Crippen LogP contribution in [0.2, 0.25) is 0 Å². The lowest BCUT2D eigenvalue weighted by molar-refractivity contribution is -0.127. The maximum Gasteiger partial charge on any atom is 0.246 e. The number of fused-ring (bicyclic) bond motifs is 1. The third-order valence-electron chi connectivity index (χ3n) is 2.97. The van der Waals surface area contributed by atoms with Crippen LogP contribution < -0.4 is 0 Å². The molecule has 0 aromatic carbocycles. The monoisotopic (exact) mass is 205 g/mol. The lowest BCUT2D eigenvalue weighted by Gasteiger charge is -2.27. The number of rotatable bonds is 1. The van der Waals surface area contributed by atoms with Gasteiger partial charge in [0, 0.05) is 6.54 Å². The quantitative estimate of drug-likeness (QED) is 0.642. The van der Waals surface area contributed by atoms with E-state index >= 15 is 0 Å². The van der Waals surface area contributed by atoms with E-state index in [2.05, 4.69) is 18.6 Å². The van der Waals surface area contributed by atoms with Crippen LogP contribution in [0.3, 0.4) is 0 Å². The molecule has 0 saturated carbocycles. The van der Waals surface area contributed by atoms with E-state index in [1.807, 2.05) is 11.6 Å². The highest BCUT2D eigenvalue weighted by Gasteiger charge is 2.22. The van der Waals surface area contributed by atoms with E-state index in [-0.39, 0.29) is 5.91 Å². The van der Waals surface area contributed by atoms with Crippen LogP contribution in [0.25, 0.3) is 0 Å². The minimum atomic E-state index is -0.000460. The van der Waals surface area contributed by atoms with Crippen molar-refractivity contribution in [1.29, 1.82) is 0 Å². The molecule has 15 heavy (non-hydrogen) atoms. The van der Waals surface area contributed by atoms with Gasteiger partial charge >= 0.3 is 0 Å². The van der Waals surface area contributed by atoms with Crippen molar-refractivity contribution >= 4 is 5.91 Å². The average molecular weight is 205 g/mol. The Morgan fingerprint density at radius 1 is 1.47 bits per heavy atom. The molecule has 0 fully saturated rings. The SMILES string of the molecule is C=CC(=O)N1CCn2nc(C)c(C)c2C1. The van der Waals surface area contributed by atoms with Crippen molar-refractivity contribution in [1.82, 2.24) is 14.7 Å². The Bertz CT molecular complexity index is 420. The summed E-state index contributed by atoms with van der Waals surface area (Å²) in [6.07, 6.45) is 1.37. The molecular formula is C11H15N3O. The Hall–Kier alpha value is -1.58. The van der Waals surface area contributed by atoms with Gasteiger partial charge in [-0.25, -0.2) is 0 Å². The molecule has 2 rings (SSSR count). The number of amides is 1. The van der Waals surface area contributed by atoms with E-state index in [0.29, 0.717) is 6.54 Å². The summed E-state index contributed by atoms with van der Waals surface area (Å²) in [7, 11) is 0. The highest BCUT2D eigenvalue weighted by molar-refractivity contribution is 5.87. The first kappa shape index (κ1) is 9.96. The second-order valence-corrected chi connectivity index (χ2v) is 3.84. The maximum atomic E-state index is 11.5. The number of hydrogen-bond donors (Lipinski definition) is 0. The Kier molecular flexibility index (Phi) is 2.34. The number of aromatic nitrogens is 2. The van der Waals surface area contributed by atoms with Gasteiger partial charge in [0.1, 0.15) is 0 Å². The molecule has 1 amide bonds. The van der Waals surface area contributed by atoms with Gasteiger partial charge in [0.15, 0.2) is 0 Å². The first-order valence-corrected chi connectivity index (χ1v) is 5.07. The van der Waals surface area contributed by atoms with Gasteiger partial charge in [0.25, 0.3) is 0 Å². The molecule has 0 unspecified atom stereocenters. The Labute approximate surface area is 89.2 Å². The average Bonchev–Trinajstić information content (AvgIpc) is 2.54. The first-order chi connectivity index (χ1) is 7.13. The topological polar surface area (TPSA) is 38.1 Å². The molecule has 4 heteroatoms. The van der Waals surface area contributed by atoms with Crippen LogP contribution in [0.5, 0.6) is 0 Å². The summed E-state index contributed by atoms with van der Waals surface area (Å²) < 4.78 is 2.00. The Balaban J connectivity index is 2.29. The molecule has 1 aromatic rings. The van der Waals surface area contributed by atoms with Crippen LogP contribution in [0, 0.1) is 13.8 Å². The van der Waals surface area contributed by atoms with Gasteiger partial charge in [-0.05, 0) is 25.5 Å². The lowest BCUT2D eigenvalue weighted by Crippen LogP contribution is -2.37. The number of hydrogen-bond acceptors (Lipinski definition) is 2. The molecule has 0 bridgehead atoms. The molecular weight excluding hydrogens is 190 g/mol. The standard InChI is InChI=1S/C11H15N3O/c1-4-11(15)13-5-6-14-10(7-13)8(2)9(3)12-14/h4H,1,5-7H2,2-3H3. The van der Waals surface area contributed by atoms with Gasteiger partial charge in [-0.3, -0.25) is 9.48 Å². The largest absolute Gasteiger partial charge is 0.331 e. The highest BCUT2D eigenvalue weighted by Crippen LogP contribution is 2.18. The predicted octanol–water partition coefficient (Wildman–Crippen LogP) is 1.03. The predicted molar refractivity (Wildman–Crippen MR) is 57.3 cm³/mol. The van der Waals surface area contributed by atoms with Crippen molar-refractivity contribution in [3.05, 3.63) is 29.6 Å². The highest BCUT2D eigenvalue weighted by atomic mass is 16.2. The van der Waals surface area contributed by atoms with Gasteiger partial charge in [-0.15, -0.1) is 0 Å². The van der Waals surface area contributed by atoms with Crippen LogP contribution in [0.15, 0.2) is 12.7 Å². The summed E-state index contributed by atoms with van der Waals surface area (Å²) in [5.74, 6) is -0.000460. The molecule has 4 nitrogen and oxygen atoms in total. The summed E-state index contributed by atoms with van der Waals surface area (Å²) in [6, 6.07) is 0. The van der Waals surface area contributed by atoms with Crippen LogP contribution in [-0.4, -0.2) is 27.1 Å². The van der Waals surface area contributed by atoms with Crippen molar-refractivity contribution in [2.75, 3.05) is 6.54 Å². The van der Waals surface area contributed by atoms with E-state index < -0.39 is 0 Å². The zero-order valence-corrected chi connectivity index (χ0v) is 9.16. The Morgan fingerprint density at radius 2 is 2.20 bits per heavy atom. The van der Waals surface area contributed by atoms with Crippen molar-refractivity contribution < 1.29 is 4.79 Å².